The Labute approximate surface area is 97.4 Å². The molecule has 16 heavy (non-hydrogen) atoms. The lowest BCUT2D eigenvalue weighted by molar-refractivity contribution is -0.115. The van der Waals surface area contributed by atoms with Gasteiger partial charge in [0.25, 0.3) is 0 Å². The van der Waals surface area contributed by atoms with Crippen LogP contribution in [-0.4, -0.2) is 11.5 Å². The molecule has 0 fully saturated rings. The van der Waals surface area contributed by atoms with Crippen molar-refractivity contribution in [3.63, 3.8) is 0 Å². The summed E-state index contributed by atoms with van der Waals surface area (Å²) in [7, 11) is 0. The van der Waals surface area contributed by atoms with Gasteiger partial charge in [-0.15, -0.1) is 0 Å². The predicted molar refractivity (Wildman–Crippen MR) is 68.4 cm³/mol. The topological polar surface area (TPSA) is 29.4 Å². The van der Waals surface area contributed by atoms with E-state index < -0.39 is 0 Å². The second kappa shape index (κ2) is 5.59. The third-order valence-electron chi connectivity index (χ3n) is 2.41. The number of carbonyl (C=O) groups excluding carboxylic acids is 1. The molecule has 0 saturated heterocycles. The minimum atomic E-state index is 0.0445. The fraction of sp³-hybridized carbons (Fsp3) is 0.429. The highest BCUT2D eigenvalue weighted by Gasteiger charge is 2.21. The highest BCUT2D eigenvalue weighted by molar-refractivity contribution is 6.42. The van der Waals surface area contributed by atoms with Crippen LogP contribution in [0.2, 0.25) is 0 Å². The Morgan fingerprint density at radius 1 is 1.25 bits per heavy atom. The van der Waals surface area contributed by atoms with Crippen LogP contribution in [0.15, 0.2) is 29.3 Å². The van der Waals surface area contributed by atoms with Gasteiger partial charge in [-0.05, 0) is 11.6 Å². The zero-order valence-corrected chi connectivity index (χ0v) is 10.4. The van der Waals surface area contributed by atoms with E-state index in [1.807, 2.05) is 52.0 Å². The molecule has 2 nitrogen and oxygen atoms in total. The van der Waals surface area contributed by atoms with E-state index in [9.17, 15) is 4.79 Å². The molecule has 0 amide bonds. The van der Waals surface area contributed by atoms with Gasteiger partial charge >= 0.3 is 0 Å². The molecule has 1 heterocycles. The van der Waals surface area contributed by atoms with Crippen molar-refractivity contribution in [1.29, 1.82) is 0 Å². The van der Waals surface area contributed by atoms with Crippen LogP contribution in [-0.2, 0) is 11.2 Å². The van der Waals surface area contributed by atoms with Crippen LogP contribution in [0.1, 0.15) is 33.3 Å². The zero-order valence-electron chi connectivity index (χ0n) is 10.4. The Morgan fingerprint density at radius 3 is 2.44 bits per heavy atom. The Kier molecular flexibility index (Phi) is 4.41. The quantitative estimate of drug-likeness (QED) is 0.744. The minimum Gasteiger partial charge on any atom is -0.293 e. The summed E-state index contributed by atoms with van der Waals surface area (Å²) in [6.07, 6.45) is 0.702. The van der Waals surface area contributed by atoms with E-state index in [1.165, 1.54) is 0 Å². The molecule has 1 aliphatic heterocycles. The van der Waals surface area contributed by atoms with E-state index in [1.54, 1.807) is 0 Å². The van der Waals surface area contributed by atoms with Gasteiger partial charge in [0.05, 0.1) is 11.4 Å². The Bertz CT molecular complexity index is 405. The van der Waals surface area contributed by atoms with E-state index >= 15 is 0 Å². The lowest BCUT2D eigenvalue weighted by Gasteiger charge is -2.01. The smallest absolute Gasteiger partial charge is 0.179 e. The number of rotatable bonds is 2. The van der Waals surface area contributed by atoms with Crippen LogP contribution >= 0.6 is 0 Å². The second-order valence-corrected chi connectivity index (χ2v) is 3.88. The summed E-state index contributed by atoms with van der Waals surface area (Å²) in [5, 5.41) is 0. The molecule has 1 aliphatic rings. The largest absolute Gasteiger partial charge is 0.293 e. The standard InChI is InChI=1S/C12H13NO.C2H6/c1-8(2)12(14)11-7-9-5-3-4-6-10(9)13-11;1-2/h3-6,8H,7H2,1-2H3;1-2H3. The summed E-state index contributed by atoms with van der Waals surface area (Å²) >= 11 is 0. The van der Waals surface area contributed by atoms with Crippen LogP contribution in [0.3, 0.4) is 0 Å². The van der Waals surface area contributed by atoms with Crippen molar-refractivity contribution in [1.82, 2.24) is 0 Å². The molecule has 2 rings (SSSR count). The summed E-state index contributed by atoms with van der Waals surface area (Å²) < 4.78 is 0. The SMILES string of the molecule is CC.CC(C)C(=O)C1=Nc2ccccc2C1. The summed E-state index contributed by atoms with van der Waals surface area (Å²) in [4.78, 5) is 16.0. The first-order valence-electron chi connectivity index (χ1n) is 5.88. The van der Waals surface area contributed by atoms with E-state index in [0.29, 0.717) is 12.1 Å². The number of para-hydroxylation sites is 1. The Morgan fingerprint density at radius 2 is 1.88 bits per heavy atom. The molecule has 0 aromatic heterocycles. The number of ketones is 1. The van der Waals surface area contributed by atoms with Gasteiger partial charge in [-0.2, -0.15) is 0 Å². The summed E-state index contributed by atoms with van der Waals surface area (Å²) in [6.45, 7) is 7.82. The van der Waals surface area contributed by atoms with Crippen LogP contribution in [0.4, 0.5) is 5.69 Å². The minimum absolute atomic E-state index is 0.0445. The van der Waals surface area contributed by atoms with Gasteiger partial charge in [-0.25, -0.2) is 4.99 Å². The highest BCUT2D eigenvalue weighted by Crippen LogP contribution is 2.26. The number of benzene rings is 1. The summed E-state index contributed by atoms with van der Waals surface area (Å²) in [5.74, 6) is 0.212. The zero-order chi connectivity index (χ0) is 12.1. The molecule has 1 aromatic rings. The maximum atomic E-state index is 11.7. The van der Waals surface area contributed by atoms with E-state index in [4.69, 9.17) is 0 Å². The molecule has 1 aromatic carbocycles. The van der Waals surface area contributed by atoms with Crippen LogP contribution in [0.5, 0.6) is 0 Å². The molecule has 0 N–H and O–H groups in total. The molecule has 0 spiro atoms. The first-order valence-corrected chi connectivity index (χ1v) is 5.88. The molecular weight excluding hydrogens is 198 g/mol. The number of hydrogen-bond acceptors (Lipinski definition) is 2. The fourth-order valence-corrected chi connectivity index (χ4v) is 1.61. The average Bonchev–Trinajstić information content (AvgIpc) is 2.74. The summed E-state index contributed by atoms with van der Waals surface area (Å²) in [6, 6.07) is 7.91. The maximum absolute atomic E-state index is 11.7. The first kappa shape index (κ1) is 12.6. The second-order valence-electron chi connectivity index (χ2n) is 3.88. The number of aliphatic imine (C=N–C) groups is 1. The number of fused-ring (bicyclic) bond motifs is 1. The maximum Gasteiger partial charge on any atom is 0.179 e. The number of carbonyl (C=O) groups is 1. The molecule has 0 aliphatic carbocycles. The van der Waals surface area contributed by atoms with Crippen LogP contribution in [0.25, 0.3) is 0 Å². The number of Topliss-reactive ketones (excluding diaryl/α,β-unsaturated/α-hetero) is 1. The molecule has 0 radical (unpaired) electrons. The Balaban J connectivity index is 0.000000606. The fourth-order valence-electron chi connectivity index (χ4n) is 1.61. The average molecular weight is 217 g/mol. The first-order chi connectivity index (χ1) is 7.68. The third kappa shape index (κ3) is 2.57. The van der Waals surface area contributed by atoms with Gasteiger partial charge in [0, 0.05) is 12.3 Å². The van der Waals surface area contributed by atoms with Crippen molar-refractivity contribution in [2.45, 2.75) is 34.1 Å². The van der Waals surface area contributed by atoms with Crippen molar-refractivity contribution in [2.24, 2.45) is 10.9 Å². The molecule has 86 valence electrons. The van der Waals surface area contributed by atoms with E-state index in [-0.39, 0.29) is 11.7 Å². The van der Waals surface area contributed by atoms with Gasteiger partial charge in [-0.1, -0.05) is 45.9 Å². The van der Waals surface area contributed by atoms with Crippen molar-refractivity contribution >= 4 is 17.2 Å². The Hall–Kier alpha value is -1.44. The summed E-state index contributed by atoms with van der Waals surface area (Å²) in [5.41, 5.74) is 2.83. The van der Waals surface area contributed by atoms with Gasteiger partial charge < -0.3 is 0 Å². The van der Waals surface area contributed by atoms with Crippen LogP contribution < -0.4 is 0 Å². The van der Waals surface area contributed by atoms with Gasteiger partial charge in [0.2, 0.25) is 0 Å². The molecule has 0 saturated carbocycles. The number of hydrogen-bond donors (Lipinski definition) is 0. The number of nitrogens with zero attached hydrogens (tertiary/aromatic N) is 1. The molecular formula is C14H19NO. The van der Waals surface area contributed by atoms with E-state index in [2.05, 4.69) is 4.99 Å². The third-order valence-corrected chi connectivity index (χ3v) is 2.41. The van der Waals surface area contributed by atoms with Gasteiger partial charge in [0.15, 0.2) is 5.78 Å². The molecule has 2 heteroatoms. The predicted octanol–water partition coefficient (Wildman–Crippen LogP) is 3.57. The monoisotopic (exact) mass is 217 g/mol. The van der Waals surface area contributed by atoms with Crippen molar-refractivity contribution < 1.29 is 4.79 Å². The van der Waals surface area contributed by atoms with Gasteiger partial charge in [-0.3, -0.25) is 4.79 Å². The molecule has 0 unspecified atom stereocenters. The molecule has 0 bridgehead atoms. The van der Waals surface area contributed by atoms with Crippen molar-refractivity contribution in [2.75, 3.05) is 0 Å². The lowest BCUT2D eigenvalue weighted by atomic mass is 10.0. The van der Waals surface area contributed by atoms with Crippen LogP contribution in [0, 0.1) is 5.92 Å². The normalized spacial score (nSPS) is 12.7. The molecule has 0 atom stereocenters. The highest BCUT2D eigenvalue weighted by atomic mass is 16.1. The van der Waals surface area contributed by atoms with Crippen molar-refractivity contribution in [3.8, 4) is 0 Å². The van der Waals surface area contributed by atoms with Gasteiger partial charge in [0.1, 0.15) is 0 Å². The van der Waals surface area contributed by atoms with E-state index in [0.717, 1.165) is 11.3 Å². The van der Waals surface area contributed by atoms with Crippen molar-refractivity contribution in [3.05, 3.63) is 29.8 Å². The lowest BCUT2D eigenvalue weighted by Crippen LogP contribution is -2.19.